The summed E-state index contributed by atoms with van der Waals surface area (Å²) in [7, 11) is 1.96. The van der Waals surface area contributed by atoms with E-state index in [1.54, 1.807) is 18.2 Å². The molecule has 5 aliphatic rings. The highest BCUT2D eigenvalue weighted by atomic mass is 32.1. The van der Waals surface area contributed by atoms with Crippen LogP contribution < -0.4 is 20.9 Å². The number of thiazole rings is 1. The van der Waals surface area contributed by atoms with Gasteiger partial charge in [0.25, 0.3) is 11.8 Å². The van der Waals surface area contributed by atoms with Crippen LogP contribution in [0.3, 0.4) is 0 Å². The number of likely N-dealkylation sites (N-methyl/N-ethyl adjacent to an activating group) is 1. The minimum absolute atomic E-state index is 0.0405. The standard InChI is InChI=1S/C43H49N7O7S/c1-24-7-11-30(57-20-19-48(3)18-16-44-32-6-4-5-31-37(32)42(56)50(41(31)55)34-13-14-35(51)45-39(34)53)22-29(24)23-36(52)46-43-47-38(25(2)58-43)28-10-12-33-27(21-28)15-17-49(33)40(54)26-8-9-26/h4-7,10-12,21-22,24,26,29,34,40,44,54H,8-9,13-20,23H2,1-3H3,(H,45,51,53)(H,46,47,52). The van der Waals surface area contributed by atoms with E-state index >= 15 is 0 Å². The molecule has 15 heteroatoms. The third-order valence-corrected chi connectivity index (χ3v) is 12.6. The number of imide groups is 2. The summed E-state index contributed by atoms with van der Waals surface area (Å²) in [5.41, 5.74) is 5.18. The zero-order chi connectivity index (χ0) is 40.7. The molecule has 0 bridgehead atoms. The number of nitrogens with zero attached hydrogens (tertiary/aromatic N) is 4. The molecule has 14 nitrogen and oxygen atoms in total. The number of rotatable bonds is 15. The molecule has 3 aromatic rings. The Hall–Kier alpha value is -5.38. The molecule has 2 aromatic carbocycles. The number of ether oxygens (including phenoxy) is 1. The van der Waals surface area contributed by atoms with Crippen LogP contribution in [0.4, 0.5) is 16.5 Å². The number of nitrogens with one attached hydrogen (secondary N) is 3. The Morgan fingerprint density at radius 2 is 1.93 bits per heavy atom. The van der Waals surface area contributed by atoms with E-state index < -0.39 is 35.9 Å². The predicted octanol–water partition coefficient (Wildman–Crippen LogP) is 4.71. The van der Waals surface area contributed by atoms with E-state index in [2.05, 4.69) is 56.9 Å². The Morgan fingerprint density at radius 3 is 2.72 bits per heavy atom. The minimum atomic E-state index is -1.02. The molecular formula is C43H49N7O7S. The van der Waals surface area contributed by atoms with Gasteiger partial charge in [-0.05, 0) is 93.5 Å². The van der Waals surface area contributed by atoms with Crippen molar-refractivity contribution in [2.24, 2.45) is 17.8 Å². The predicted molar refractivity (Wildman–Crippen MR) is 220 cm³/mol. The maximum atomic E-state index is 13.4. The van der Waals surface area contributed by atoms with Crippen molar-refractivity contribution in [2.45, 2.75) is 64.6 Å². The van der Waals surface area contributed by atoms with Crippen molar-refractivity contribution < 1.29 is 33.8 Å². The minimum Gasteiger partial charge on any atom is -0.493 e. The van der Waals surface area contributed by atoms with E-state index in [1.807, 2.05) is 26.1 Å². The molecule has 0 radical (unpaired) electrons. The van der Waals surface area contributed by atoms with Gasteiger partial charge in [-0.2, -0.15) is 0 Å². The van der Waals surface area contributed by atoms with Crippen molar-refractivity contribution in [2.75, 3.05) is 55.4 Å². The number of benzene rings is 2. The third-order valence-electron chi connectivity index (χ3n) is 11.7. The molecular weight excluding hydrogens is 759 g/mol. The average molecular weight is 808 g/mol. The summed E-state index contributed by atoms with van der Waals surface area (Å²) in [6.45, 7) is 7.09. The quantitative estimate of drug-likeness (QED) is 0.157. The second kappa shape index (κ2) is 16.5. The molecule has 4 unspecified atom stereocenters. The zero-order valence-corrected chi connectivity index (χ0v) is 33.8. The van der Waals surface area contributed by atoms with Crippen LogP contribution >= 0.6 is 11.3 Å². The van der Waals surface area contributed by atoms with E-state index in [1.165, 1.54) is 16.9 Å². The largest absolute Gasteiger partial charge is 0.493 e. The summed E-state index contributed by atoms with van der Waals surface area (Å²) >= 11 is 1.47. The van der Waals surface area contributed by atoms with E-state index in [0.717, 1.165) is 58.3 Å². The molecule has 1 saturated heterocycles. The SMILES string of the molecule is Cc1sc(NC(=O)CC2C=C(OCCN(C)CCNc3cccc4c3C(=O)N(C3CCC(=O)NC3=O)C4=O)C=CC2C)nc1-c1ccc2c(c1)CCN2C(O)C1CC1. The van der Waals surface area contributed by atoms with Crippen LogP contribution in [0, 0.1) is 24.7 Å². The Kier molecular flexibility index (Phi) is 11.2. The number of aliphatic hydroxyl groups excluding tert-OH is 1. The Balaban J connectivity index is 0.794. The van der Waals surface area contributed by atoms with Crippen LogP contribution in [0.25, 0.3) is 11.3 Å². The van der Waals surface area contributed by atoms with E-state index in [9.17, 15) is 29.1 Å². The summed E-state index contributed by atoms with van der Waals surface area (Å²) in [4.78, 5) is 74.9. The number of piperidine rings is 1. The molecule has 58 heavy (non-hydrogen) atoms. The molecule has 8 rings (SSSR count). The van der Waals surface area contributed by atoms with Gasteiger partial charge in [0.15, 0.2) is 5.13 Å². The lowest BCUT2D eigenvalue weighted by molar-refractivity contribution is -0.136. The number of hydrogen-bond donors (Lipinski definition) is 4. The van der Waals surface area contributed by atoms with Gasteiger partial charge in [-0.15, -0.1) is 11.3 Å². The molecule has 2 aliphatic carbocycles. The first-order valence-corrected chi connectivity index (χ1v) is 20.9. The average Bonchev–Trinajstić information content (AvgIpc) is 3.79. The first-order valence-electron chi connectivity index (χ1n) is 20.1. The fraction of sp³-hybridized carbons (Fsp3) is 0.442. The molecule has 5 amide bonds. The van der Waals surface area contributed by atoms with Gasteiger partial charge in [0, 0.05) is 66.8 Å². The van der Waals surface area contributed by atoms with Crippen LogP contribution in [0.1, 0.15) is 70.2 Å². The number of anilines is 3. The smallest absolute Gasteiger partial charge is 0.264 e. The number of carbonyl (C=O) groups is 5. The number of amides is 5. The zero-order valence-electron chi connectivity index (χ0n) is 33.0. The van der Waals surface area contributed by atoms with Gasteiger partial charge in [-0.1, -0.05) is 25.1 Å². The molecule has 304 valence electrons. The van der Waals surface area contributed by atoms with Gasteiger partial charge in [-0.3, -0.25) is 34.2 Å². The molecule has 4 N–H and O–H groups in total. The topological polar surface area (TPSA) is 174 Å². The van der Waals surface area contributed by atoms with Crippen molar-refractivity contribution in [1.29, 1.82) is 0 Å². The fourth-order valence-electron chi connectivity index (χ4n) is 8.22. The monoisotopic (exact) mass is 807 g/mol. The van der Waals surface area contributed by atoms with Gasteiger partial charge in [0.1, 0.15) is 24.6 Å². The van der Waals surface area contributed by atoms with Gasteiger partial charge in [0.2, 0.25) is 17.7 Å². The summed E-state index contributed by atoms with van der Waals surface area (Å²) in [5, 5.41) is 19.8. The number of fused-ring (bicyclic) bond motifs is 2. The van der Waals surface area contributed by atoms with Crippen molar-refractivity contribution in [3.63, 3.8) is 0 Å². The van der Waals surface area contributed by atoms with Crippen molar-refractivity contribution in [3.8, 4) is 11.3 Å². The number of carbonyl (C=O) groups excluding carboxylic acids is 5. The molecule has 4 heterocycles. The molecule has 0 spiro atoms. The van der Waals surface area contributed by atoms with Gasteiger partial charge < -0.3 is 30.3 Å². The molecule has 4 atom stereocenters. The number of aliphatic hydroxyl groups is 1. The Bertz CT molecular complexity index is 2210. The first-order chi connectivity index (χ1) is 27.9. The summed E-state index contributed by atoms with van der Waals surface area (Å²) < 4.78 is 6.11. The van der Waals surface area contributed by atoms with Gasteiger partial charge >= 0.3 is 0 Å². The third kappa shape index (κ3) is 8.16. The maximum Gasteiger partial charge on any atom is 0.264 e. The Morgan fingerprint density at radius 1 is 1.10 bits per heavy atom. The number of hydrogen-bond acceptors (Lipinski definition) is 12. The lowest BCUT2D eigenvalue weighted by atomic mass is 9.86. The van der Waals surface area contributed by atoms with Crippen LogP contribution in [-0.4, -0.2) is 102 Å². The first kappa shape index (κ1) is 39.4. The lowest BCUT2D eigenvalue weighted by Crippen LogP contribution is -2.54. The van der Waals surface area contributed by atoms with E-state index in [0.29, 0.717) is 49.4 Å². The fourth-order valence-corrected chi connectivity index (χ4v) is 9.08. The Labute approximate surface area is 341 Å². The van der Waals surface area contributed by atoms with Crippen LogP contribution in [0.15, 0.2) is 60.4 Å². The highest BCUT2D eigenvalue weighted by Gasteiger charge is 2.45. The van der Waals surface area contributed by atoms with E-state index in [4.69, 9.17) is 9.72 Å². The second-order valence-corrected chi connectivity index (χ2v) is 17.1. The maximum absolute atomic E-state index is 13.4. The summed E-state index contributed by atoms with van der Waals surface area (Å²) in [6, 6.07) is 10.3. The normalized spacial score (nSPS) is 21.9. The molecule has 3 aliphatic heterocycles. The van der Waals surface area contributed by atoms with Crippen LogP contribution in [0.5, 0.6) is 0 Å². The van der Waals surface area contributed by atoms with E-state index in [-0.39, 0.29) is 41.7 Å². The summed E-state index contributed by atoms with van der Waals surface area (Å²) in [6.07, 6.45) is 9.16. The molecule has 1 saturated carbocycles. The molecule has 1 aromatic heterocycles. The number of aromatic nitrogens is 1. The molecule has 2 fully saturated rings. The van der Waals surface area contributed by atoms with Crippen LogP contribution in [-0.2, 0) is 25.5 Å². The highest BCUT2D eigenvalue weighted by Crippen LogP contribution is 2.41. The van der Waals surface area contributed by atoms with Crippen molar-refractivity contribution in [1.82, 2.24) is 20.1 Å². The lowest BCUT2D eigenvalue weighted by Gasteiger charge is -2.27. The highest BCUT2D eigenvalue weighted by molar-refractivity contribution is 7.16. The second-order valence-electron chi connectivity index (χ2n) is 15.9. The van der Waals surface area contributed by atoms with Gasteiger partial charge in [0.05, 0.1) is 16.8 Å². The number of aryl methyl sites for hydroxylation is 1. The summed E-state index contributed by atoms with van der Waals surface area (Å²) in [5.74, 6) is -1.02. The van der Waals surface area contributed by atoms with Crippen molar-refractivity contribution in [3.05, 3.63) is 82.0 Å². The van der Waals surface area contributed by atoms with Crippen molar-refractivity contribution >= 4 is 57.4 Å². The van der Waals surface area contributed by atoms with Crippen LogP contribution in [0.2, 0.25) is 0 Å². The van der Waals surface area contributed by atoms with Gasteiger partial charge in [-0.25, -0.2) is 4.98 Å². The number of allylic oxidation sites excluding steroid dienone is 3.